The molecular weight excluding hydrogens is 877 g/mol. The van der Waals surface area contributed by atoms with Crippen molar-refractivity contribution in [3.8, 4) is 0 Å². The fourth-order valence-electron chi connectivity index (χ4n) is 8.35. The highest BCUT2D eigenvalue weighted by atomic mass is 16.7. The van der Waals surface area contributed by atoms with E-state index in [0.717, 1.165) is 38.5 Å². The Morgan fingerprint density at radius 3 is 1.51 bits per heavy atom. The van der Waals surface area contributed by atoms with E-state index in [4.69, 9.17) is 28.4 Å². The highest BCUT2D eigenvalue weighted by Crippen LogP contribution is 2.26. The molecule has 0 radical (unpaired) electrons. The van der Waals surface area contributed by atoms with Gasteiger partial charge in [0, 0.05) is 12.8 Å². The van der Waals surface area contributed by atoms with E-state index < -0.39 is 99.3 Å². The largest absolute Gasteiger partial charge is 0.462 e. The molecular formula is C53H94O15. The van der Waals surface area contributed by atoms with Crippen LogP contribution in [0.25, 0.3) is 0 Å². The van der Waals surface area contributed by atoms with Crippen LogP contribution in [0.3, 0.4) is 0 Å². The smallest absolute Gasteiger partial charge is 0.306 e. The number of aliphatic hydroxyl groups excluding tert-OH is 7. The van der Waals surface area contributed by atoms with Gasteiger partial charge in [-0.15, -0.1) is 6.58 Å². The number of carbonyl (C=O) groups excluding carboxylic acids is 2. The highest BCUT2D eigenvalue weighted by Gasteiger charge is 2.47. The fraction of sp³-hybridized carbons (Fsp3) is 0.849. The van der Waals surface area contributed by atoms with E-state index in [1.807, 2.05) is 12.2 Å². The number of hydrogen-bond acceptors (Lipinski definition) is 15. The van der Waals surface area contributed by atoms with Gasteiger partial charge in [0.1, 0.15) is 55.4 Å². The Bertz CT molecular complexity index is 1310. The summed E-state index contributed by atoms with van der Waals surface area (Å²) in [6.07, 6.45) is 25.0. The molecule has 0 amide bonds. The third-order valence-corrected chi connectivity index (χ3v) is 12.7. The molecule has 2 aliphatic heterocycles. The predicted octanol–water partition coefficient (Wildman–Crippen LogP) is 7.71. The highest BCUT2D eigenvalue weighted by molar-refractivity contribution is 5.70. The number of hydrogen-bond donors (Lipinski definition) is 7. The van der Waals surface area contributed by atoms with Gasteiger partial charge in [0.15, 0.2) is 18.7 Å². The molecule has 2 heterocycles. The summed E-state index contributed by atoms with van der Waals surface area (Å²) in [4.78, 5) is 25.8. The molecule has 396 valence electrons. The van der Waals surface area contributed by atoms with Crippen LogP contribution in [0.5, 0.6) is 0 Å². The Morgan fingerprint density at radius 2 is 0.971 bits per heavy atom. The maximum Gasteiger partial charge on any atom is 0.306 e. The van der Waals surface area contributed by atoms with Gasteiger partial charge in [-0.3, -0.25) is 9.59 Å². The lowest BCUT2D eigenvalue weighted by Gasteiger charge is -2.42. The minimum Gasteiger partial charge on any atom is -0.462 e. The lowest BCUT2D eigenvalue weighted by Crippen LogP contribution is -2.61. The number of aliphatic hydroxyl groups is 7. The molecule has 2 saturated heterocycles. The van der Waals surface area contributed by atoms with Gasteiger partial charge in [0.2, 0.25) is 0 Å². The summed E-state index contributed by atoms with van der Waals surface area (Å²) in [5, 5.41) is 72.1. The Labute approximate surface area is 408 Å². The summed E-state index contributed by atoms with van der Waals surface area (Å²) in [7, 11) is 0. The molecule has 15 heteroatoms. The number of unbranched alkanes of at least 4 members (excludes halogenated alkanes) is 23. The fourth-order valence-corrected chi connectivity index (χ4v) is 8.35. The van der Waals surface area contributed by atoms with Crippen LogP contribution in [-0.2, 0) is 38.0 Å². The summed E-state index contributed by atoms with van der Waals surface area (Å²) in [5.74, 6) is -0.977. The van der Waals surface area contributed by atoms with Gasteiger partial charge in [-0.2, -0.15) is 0 Å². The second-order valence-corrected chi connectivity index (χ2v) is 18.8. The number of rotatable bonds is 42. The number of esters is 2. The van der Waals surface area contributed by atoms with Crippen LogP contribution < -0.4 is 0 Å². The first-order valence-corrected chi connectivity index (χ1v) is 26.5. The molecule has 2 fully saturated rings. The van der Waals surface area contributed by atoms with Crippen LogP contribution in [0.4, 0.5) is 0 Å². The van der Waals surface area contributed by atoms with E-state index in [-0.39, 0.29) is 19.4 Å². The molecule has 2 aliphatic rings. The third-order valence-electron chi connectivity index (χ3n) is 12.7. The zero-order valence-electron chi connectivity index (χ0n) is 41.7. The van der Waals surface area contributed by atoms with Gasteiger partial charge in [0.05, 0.1) is 19.8 Å². The molecule has 11 atom stereocenters. The van der Waals surface area contributed by atoms with E-state index in [2.05, 4.69) is 31.7 Å². The lowest BCUT2D eigenvalue weighted by atomic mass is 9.98. The summed E-state index contributed by atoms with van der Waals surface area (Å²) in [5.41, 5.74) is 0. The average molecular weight is 971 g/mol. The van der Waals surface area contributed by atoms with E-state index in [1.54, 1.807) is 0 Å². The first kappa shape index (κ1) is 61.8. The molecule has 0 bridgehead atoms. The van der Waals surface area contributed by atoms with Crippen molar-refractivity contribution in [2.24, 2.45) is 0 Å². The third kappa shape index (κ3) is 27.9. The van der Waals surface area contributed by atoms with Gasteiger partial charge in [-0.05, 0) is 51.4 Å². The second-order valence-electron chi connectivity index (χ2n) is 18.8. The molecule has 4 unspecified atom stereocenters. The van der Waals surface area contributed by atoms with Crippen LogP contribution in [0.15, 0.2) is 37.0 Å². The van der Waals surface area contributed by atoms with Crippen molar-refractivity contribution in [1.82, 2.24) is 0 Å². The molecule has 0 spiro atoms. The lowest BCUT2D eigenvalue weighted by molar-refractivity contribution is -0.332. The van der Waals surface area contributed by atoms with Crippen LogP contribution >= 0.6 is 0 Å². The Hall–Kier alpha value is -2.28. The molecule has 0 saturated carbocycles. The monoisotopic (exact) mass is 971 g/mol. The van der Waals surface area contributed by atoms with Gasteiger partial charge in [-0.1, -0.05) is 159 Å². The zero-order chi connectivity index (χ0) is 49.6. The topological polar surface area (TPSA) is 231 Å². The van der Waals surface area contributed by atoms with Gasteiger partial charge in [0.25, 0.3) is 0 Å². The summed E-state index contributed by atoms with van der Waals surface area (Å²) in [6.45, 7) is 4.09. The average Bonchev–Trinajstić information content (AvgIpc) is 3.33. The molecule has 2 rings (SSSR count). The molecule has 0 aromatic rings. The zero-order valence-corrected chi connectivity index (χ0v) is 41.7. The summed E-state index contributed by atoms with van der Waals surface area (Å²) in [6, 6.07) is 0. The maximum atomic E-state index is 13.0. The van der Waals surface area contributed by atoms with Gasteiger partial charge >= 0.3 is 11.9 Å². The van der Waals surface area contributed by atoms with Crippen molar-refractivity contribution in [2.45, 2.75) is 261 Å². The SMILES string of the molecule is C=CCCCCCCCCCCCCCCCC(=O)OC[C@H](CO[C@H]1O[C@@H](CO[C@H]2O[C@@H](CO)[C@@H](O)C(O)C2O)[C@@H](O)C(O)C1O)OC(=O)CCC/C=C/C/C=C/CCCCCCCCCCC. The molecule has 7 N–H and O–H groups in total. The normalized spacial score (nSPS) is 25.8. The van der Waals surface area contributed by atoms with Crippen molar-refractivity contribution in [3.63, 3.8) is 0 Å². The van der Waals surface area contributed by atoms with E-state index >= 15 is 0 Å². The van der Waals surface area contributed by atoms with Crippen molar-refractivity contribution in [3.05, 3.63) is 37.0 Å². The molecule has 68 heavy (non-hydrogen) atoms. The standard InChI is InChI=1S/C53H94O15/c1-3-5-7-9-11-13-15-17-19-20-22-24-26-28-30-32-34-36-45(56)66-41(38-63-44(55)35-33-31-29-27-25-23-21-18-16-14-12-10-8-6-4-2)39-64-52-51(62)49(60)47(58)43(68-52)40-65-53-50(61)48(59)46(57)42(37-54)67-53/h4,22,24,28,30,41-43,46-54,57-62H,2-3,5-21,23,25-27,29,31-40H2,1H3/b24-22+,30-28+/t41-,42+,43+,46-,47-,48?,49?,50?,51?,52+,53+/m1/s1. The van der Waals surface area contributed by atoms with Gasteiger partial charge in [-0.25, -0.2) is 0 Å². The van der Waals surface area contributed by atoms with Crippen LogP contribution in [-0.4, -0.2) is 142 Å². The van der Waals surface area contributed by atoms with E-state index in [0.29, 0.717) is 19.3 Å². The minimum absolute atomic E-state index is 0.102. The number of ether oxygens (including phenoxy) is 6. The van der Waals surface area contributed by atoms with E-state index in [1.165, 1.54) is 116 Å². The van der Waals surface area contributed by atoms with Crippen molar-refractivity contribution >= 4 is 11.9 Å². The quantitative estimate of drug-likeness (QED) is 0.0176. The van der Waals surface area contributed by atoms with Gasteiger partial charge < -0.3 is 64.2 Å². The summed E-state index contributed by atoms with van der Waals surface area (Å²) < 4.78 is 33.5. The van der Waals surface area contributed by atoms with Crippen LogP contribution in [0.2, 0.25) is 0 Å². The minimum atomic E-state index is -1.77. The van der Waals surface area contributed by atoms with Crippen LogP contribution in [0, 0.1) is 0 Å². The molecule has 15 nitrogen and oxygen atoms in total. The van der Waals surface area contributed by atoms with Crippen LogP contribution in [0.1, 0.15) is 193 Å². The molecule has 0 aromatic carbocycles. The number of allylic oxidation sites excluding steroid dienone is 5. The van der Waals surface area contributed by atoms with Crippen molar-refractivity contribution in [1.29, 1.82) is 0 Å². The Balaban J connectivity index is 1.81. The summed E-state index contributed by atoms with van der Waals surface area (Å²) >= 11 is 0. The maximum absolute atomic E-state index is 13.0. The molecule has 0 aromatic heterocycles. The Kier molecular flexibility index (Phi) is 36.7. The van der Waals surface area contributed by atoms with E-state index in [9.17, 15) is 45.3 Å². The number of carbonyl (C=O) groups is 2. The van der Waals surface area contributed by atoms with Crippen molar-refractivity contribution in [2.75, 3.05) is 26.4 Å². The second kappa shape index (κ2) is 40.3. The first-order valence-electron chi connectivity index (χ1n) is 26.5. The Morgan fingerprint density at radius 1 is 0.515 bits per heavy atom. The molecule has 0 aliphatic carbocycles. The first-order chi connectivity index (χ1) is 33.0. The predicted molar refractivity (Wildman–Crippen MR) is 261 cm³/mol. The van der Waals surface area contributed by atoms with Crippen molar-refractivity contribution < 1.29 is 73.8 Å².